The van der Waals surface area contributed by atoms with Crippen LogP contribution >= 0.6 is 0 Å². The topological polar surface area (TPSA) is 22.0 Å². The molecular formula is C18H21NO. The molecule has 0 amide bonds. The van der Waals surface area contributed by atoms with Gasteiger partial charge in [-0.1, -0.05) is 30.3 Å². The molecular weight excluding hydrogens is 246 g/mol. The number of aromatic nitrogens is 1. The third-order valence-corrected chi connectivity index (χ3v) is 4.22. The van der Waals surface area contributed by atoms with Gasteiger partial charge in [0.25, 0.3) is 0 Å². The molecule has 2 heteroatoms. The van der Waals surface area contributed by atoms with Crippen LogP contribution in [-0.2, 0) is 19.4 Å². The molecule has 0 aliphatic heterocycles. The van der Waals surface area contributed by atoms with Crippen molar-refractivity contribution in [1.29, 1.82) is 0 Å². The van der Waals surface area contributed by atoms with Gasteiger partial charge < -0.3 is 4.57 Å². The Balaban J connectivity index is 1.70. The summed E-state index contributed by atoms with van der Waals surface area (Å²) < 4.78 is 2.36. The number of nitrogens with zero attached hydrogens (tertiary/aromatic N) is 1. The van der Waals surface area contributed by atoms with Crippen molar-refractivity contribution in [3.05, 3.63) is 58.9 Å². The Morgan fingerprint density at radius 2 is 1.95 bits per heavy atom. The standard InChI is InChI=1S/C18H21NO/c1-14-13-16-17(10-5-11-18(16)20)19(14)12-6-9-15-7-3-2-4-8-15/h2-4,7-8,13H,5-6,9-12H2,1H3. The van der Waals surface area contributed by atoms with Crippen LogP contribution in [0.3, 0.4) is 0 Å². The second-order valence-electron chi connectivity index (χ2n) is 5.66. The molecule has 1 aliphatic carbocycles. The maximum atomic E-state index is 11.9. The SMILES string of the molecule is Cc1cc2c(n1CCCc1ccccc1)CCCC2=O. The Hall–Kier alpha value is -1.83. The van der Waals surface area contributed by atoms with Gasteiger partial charge in [-0.05, 0) is 44.2 Å². The van der Waals surface area contributed by atoms with Crippen LogP contribution in [0.4, 0.5) is 0 Å². The number of carbonyl (C=O) groups excluding carboxylic acids is 1. The van der Waals surface area contributed by atoms with E-state index in [9.17, 15) is 4.79 Å². The van der Waals surface area contributed by atoms with Crippen molar-refractivity contribution in [2.45, 2.75) is 45.6 Å². The molecule has 0 saturated heterocycles. The fourth-order valence-corrected chi connectivity index (χ4v) is 3.19. The van der Waals surface area contributed by atoms with Crippen LogP contribution in [0.2, 0.25) is 0 Å². The maximum Gasteiger partial charge on any atom is 0.164 e. The second kappa shape index (κ2) is 5.66. The third-order valence-electron chi connectivity index (χ3n) is 4.22. The number of hydrogen-bond donors (Lipinski definition) is 0. The largest absolute Gasteiger partial charge is 0.348 e. The summed E-state index contributed by atoms with van der Waals surface area (Å²) in [5.41, 5.74) is 4.88. The molecule has 0 atom stereocenters. The number of rotatable bonds is 4. The highest BCUT2D eigenvalue weighted by atomic mass is 16.1. The van der Waals surface area contributed by atoms with Gasteiger partial charge in [0.2, 0.25) is 0 Å². The number of ketones is 1. The molecule has 0 N–H and O–H groups in total. The molecule has 2 aromatic rings. The Morgan fingerprint density at radius 1 is 1.15 bits per heavy atom. The van der Waals surface area contributed by atoms with E-state index < -0.39 is 0 Å². The predicted molar refractivity (Wildman–Crippen MR) is 81.2 cm³/mol. The van der Waals surface area contributed by atoms with Crippen molar-refractivity contribution < 1.29 is 4.79 Å². The lowest BCUT2D eigenvalue weighted by Gasteiger charge is -2.16. The lowest BCUT2D eigenvalue weighted by Crippen LogP contribution is -2.14. The van der Waals surface area contributed by atoms with E-state index in [0.29, 0.717) is 5.78 Å². The van der Waals surface area contributed by atoms with Crippen LogP contribution in [-0.4, -0.2) is 10.4 Å². The highest BCUT2D eigenvalue weighted by Gasteiger charge is 2.22. The van der Waals surface area contributed by atoms with Crippen LogP contribution in [0.1, 0.15) is 46.6 Å². The van der Waals surface area contributed by atoms with Gasteiger partial charge in [0, 0.05) is 29.9 Å². The summed E-state index contributed by atoms with van der Waals surface area (Å²) in [4.78, 5) is 11.9. The number of Topliss-reactive ketones (excluding diaryl/α,β-unsaturated/α-hetero) is 1. The van der Waals surface area contributed by atoms with E-state index in [0.717, 1.165) is 44.2 Å². The zero-order chi connectivity index (χ0) is 13.9. The van der Waals surface area contributed by atoms with Crippen molar-refractivity contribution in [1.82, 2.24) is 4.57 Å². The molecule has 1 heterocycles. The molecule has 0 bridgehead atoms. The zero-order valence-corrected chi connectivity index (χ0v) is 12.1. The Morgan fingerprint density at radius 3 is 2.75 bits per heavy atom. The highest BCUT2D eigenvalue weighted by Crippen LogP contribution is 2.25. The van der Waals surface area contributed by atoms with E-state index in [1.165, 1.54) is 17.0 Å². The smallest absolute Gasteiger partial charge is 0.164 e. The quantitative estimate of drug-likeness (QED) is 0.822. The van der Waals surface area contributed by atoms with Gasteiger partial charge >= 0.3 is 0 Å². The number of benzene rings is 1. The molecule has 1 aromatic carbocycles. The minimum absolute atomic E-state index is 0.330. The van der Waals surface area contributed by atoms with Crippen LogP contribution in [0.5, 0.6) is 0 Å². The summed E-state index contributed by atoms with van der Waals surface area (Å²) >= 11 is 0. The summed E-state index contributed by atoms with van der Waals surface area (Å²) in [6.07, 6.45) is 5.01. The van der Waals surface area contributed by atoms with Crippen molar-refractivity contribution in [3.8, 4) is 0 Å². The average Bonchev–Trinajstić information content (AvgIpc) is 2.78. The van der Waals surface area contributed by atoms with E-state index in [4.69, 9.17) is 0 Å². The minimum Gasteiger partial charge on any atom is -0.348 e. The summed E-state index contributed by atoms with van der Waals surface area (Å²) in [5, 5.41) is 0. The monoisotopic (exact) mass is 267 g/mol. The van der Waals surface area contributed by atoms with Crippen LogP contribution < -0.4 is 0 Å². The van der Waals surface area contributed by atoms with Crippen molar-refractivity contribution in [3.63, 3.8) is 0 Å². The lowest BCUT2D eigenvalue weighted by molar-refractivity contribution is 0.0971. The van der Waals surface area contributed by atoms with Crippen LogP contribution in [0.15, 0.2) is 36.4 Å². The molecule has 0 spiro atoms. The van der Waals surface area contributed by atoms with E-state index in [2.05, 4.69) is 47.9 Å². The summed E-state index contributed by atoms with van der Waals surface area (Å²) in [6, 6.07) is 12.7. The van der Waals surface area contributed by atoms with Crippen LogP contribution in [0, 0.1) is 6.92 Å². The molecule has 0 radical (unpaired) electrons. The van der Waals surface area contributed by atoms with Gasteiger partial charge in [-0.2, -0.15) is 0 Å². The van der Waals surface area contributed by atoms with E-state index >= 15 is 0 Å². The first-order valence-corrected chi connectivity index (χ1v) is 7.52. The second-order valence-corrected chi connectivity index (χ2v) is 5.66. The van der Waals surface area contributed by atoms with Gasteiger partial charge in [-0.25, -0.2) is 0 Å². The lowest BCUT2D eigenvalue weighted by atomic mass is 9.96. The summed E-state index contributed by atoms with van der Waals surface area (Å²) in [6.45, 7) is 3.14. The first-order chi connectivity index (χ1) is 9.75. The molecule has 0 saturated carbocycles. The van der Waals surface area contributed by atoms with Gasteiger partial charge in [-0.3, -0.25) is 4.79 Å². The average molecular weight is 267 g/mol. The molecule has 0 fully saturated rings. The molecule has 1 aliphatic rings. The summed E-state index contributed by atoms with van der Waals surface area (Å²) in [7, 11) is 0. The molecule has 20 heavy (non-hydrogen) atoms. The van der Waals surface area contributed by atoms with E-state index in [1.807, 2.05) is 0 Å². The predicted octanol–water partition coefficient (Wildman–Crippen LogP) is 3.95. The van der Waals surface area contributed by atoms with Crippen molar-refractivity contribution in [2.75, 3.05) is 0 Å². The third kappa shape index (κ3) is 2.55. The van der Waals surface area contributed by atoms with E-state index in [-0.39, 0.29) is 0 Å². The molecule has 1 aromatic heterocycles. The molecule has 104 valence electrons. The zero-order valence-electron chi connectivity index (χ0n) is 12.1. The molecule has 0 unspecified atom stereocenters. The fraction of sp³-hybridized carbons (Fsp3) is 0.389. The van der Waals surface area contributed by atoms with E-state index in [1.54, 1.807) is 0 Å². The van der Waals surface area contributed by atoms with Gasteiger partial charge in [0.1, 0.15) is 0 Å². The number of carbonyl (C=O) groups is 1. The highest BCUT2D eigenvalue weighted by molar-refractivity contribution is 5.98. The number of aryl methyl sites for hydroxylation is 2. The maximum absolute atomic E-state index is 11.9. The number of fused-ring (bicyclic) bond motifs is 1. The van der Waals surface area contributed by atoms with Gasteiger partial charge in [-0.15, -0.1) is 0 Å². The Labute approximate surface area is 120 Å². The fourth-order valence-electron chi connectivity index (χ4n) is 3.19. The molecule has 2 nitrogen and oxygen atoms in total. The first kappa shape index (κ1) is 13.2. The Kier molecular flexibility index (Phi) is 3.72. The number of hydrogen-bond acceptors (Lipinski definition) is 1. The van der Waals surface area contributed by atoms with Crippen molar-refractivity contribution in [2.24, 2.45) is 0 Å². The van der Waals surface area contributed by atoms with Crippen LogP contribution in [0.25, 0.3) is 0 Å². The van der Waals surface area contributed by atoms with Crippen molar-refractivity contribution >= 4 is 5.78 Å². The Bertz CT molecular complexity index is 610. The van der Waals surface area contributed by atoms with Gasteiger partial charge in [0.05, 0.1) is 0 Å². The minimum atomic E-state index is 0.330. The first-order valence-electron chi connectivity index (χ1n) is 7.52. The molecule has 3 rings (SSSR count). The van der Waals surface area contributed by atoms with Gasteiger partial charge in [0.15, 0.2) is 5.78 Å². The normalized spacial score (nSPS) is 14.3. The summed E-state index contributed by atoms with van der Waals surface area (Å²) in [5.74, 6) is 0.330.